The van der Waals surface area contributed by atoms with Crippen molar-refractivity contribution >= 4 is 39.1 Å². The Hall–Kier alpha value is -1.46. The van der Waals surface area contributed by atoms with Crippen LogP contribution < -0.4 is 10.6 Å². The summed E-state index contributed by atoms with van der Waals surface area (Å²) in [6.07, 6.45) is 1.58. The van der Waals surface area contributed by atoms with Gasteiger partial charge in [-0.2, -0.15) is 0 Å². The highest BCUT2D eigenvalue weighted by Crippen LogP contribution is 2.25. The van der Waals surface area contributed by atoms with Crippen LogP contribution in [0.25, 0.3) is 0 Å². The fourth-order valence-corrected chi connectivity index (χ4v) is 2.07. The minimum atomic E-state index is -0.373. The molecule has 0 fully saturated rings. The molecule has 0 saturated carbocycles. The first kappa shape index (κ1) is 14.9. The molecule has 0 radical (unpaired) electrons. The first-order chi connectivity index (χ1) is 9.56. The summed E-state index contributed by atoms with van der Waals surface area (Å²) in [4.78, 5) is 11.9. The van der Waals surface area contributed by atoms with E-state index in [1.165, 1.54) is 0 Å². The molecule has 1 atom stereocenters. The standard InChI is InChI=1S/C14H14BrClN2O2/c1-9(14(19)17-8-11-3-2-6-20-11)18-10-4-5-12(15)13(16)7-10/h2-7,9,18H,8H2,1H3,(H,17,19). The molecule has 0 aliphatic rings. The molecule has 0 aliphatic heterocycles. The minimum absolute atomic E-state index is 0.111. The van der Waals surface area contributed by atoms with Crippen LogP contribution in [0, 0.1) is 0 Å². The molecule has 0 aliphatic carbocycles. The number of nitrogens with one attached hydrogen (secondary N) is 2. The van der Waals surface area contributed by atoms with E-state index in [1.54, 1.807) is 25.3 Å². The van der Waals surface area contributed by atoms with Crippen LogP contribution >= 0.6 is 27.5 Å². The third kappa shape index (κ3) is 4.02. The monoisotopic (exact) mass is 356 g/mol. The van der Waals surface area contributed by atoms with Crippen LogP contribution in [0.1, 0.15) is 12.7 Å². The zero-order valence-corrected chi connectivity index (χ0v) is 13.2. The van der Waals surface area contributed by atoms with E-state index in [0.717, 1.165) is 15.9 Å². The fourth-order valence-electron chi connectivity index (χ4n) is 1.64. The zero-order chi connectivity index (χ0) is 14.5. The molecular formula is C14H14BrClN2O2. The van der Waals surface area contributed by atoms with Gasteiger partial charge >= 0.3 is 0 Å². The molecule has 0 spiro atoms. The van der Waals surface area contributed by atoms with Crippen molar-refractivity contribution in [3.63, 3.8) is 0 Å². The molecule has 106 valence electrons. The molecule has 2 rings (SSSR count). The van der Waals surface area contributed by atoms with Gasteiger partial charge in [0.15, 0.2) is 0 Å². The van der Waals surface area contributed by atoms with E-state index < -0.39 is 0 Å². The molecule has 1 amide bonds. The largest absolute Gasteiger partial charge is 0.467 e. The van der Waals surface area contributed by atoms with Crippen LogP contribution in [0.5, 0.6) is 0 Å². The summed E-state index contributed by atoms with van der Waals surface area (Å²) in [6.45, 7) is 2.16. The van der Waals surface area contributed by atoms with Crippen LogP contribution in [-0.2, 0) is 11.3 Å². The van der Waals surface area contributed by atoms with E-state index in [0.29, 0.717) is 11.6 Å². The molecule has 4 nitrogen and oxygen atoms in total. The summed E-state index contributed by atoms with van der Waals surface area (Å²) in [6, 6.07) is 8.67. The van der Waals surface area contributed by atoms with E-state index >= 15 is 0 Å². The maximum atomic E-state index is 11.9. The van der Waals surface area contributed by atoms with Crippen LogP contribution in [0.3, 0.4) is 0 Å². The molecule has 0 bridgehead atoms. The SMILES string of the molecule is CC(Nc1ccc(Br)c(Cl)c1)C(=O)NCc1ccco1. The van der Waals surface area contributed by atoms with Gasteiger partial charge in [0.2, 0.25) is 5.91 Å². The molecule has 6 heteroatoms. The van der Waals surface area contributed by atoms with Crippen molar-refractivity contribution in [1.82, 2.24) is 5.32 Å². The number of anilines is 1. The van der Waals surface area contributed by atoms with E-state index in [2.05, 4.69) is 26.6 Å². The number of hydrogen-bond acceptors (Lipinski definition) is 3. The van der Waals surface area contributed by atoms with Crippen molar-refractivity contribution in [2.24, 2.45) is 0 Å². The minimum Gasteiger partial charge on any atom is -0.467 e. The molecule has 20 heavy (non-hydrogen) atoms. The van der Waals surface area contributed by atoms with Gasteiger partial charge in [0.05, 0.1) is 17.8 Å². The normalized spacial score (nSPS) is 11.9. The summed E-state index contributed by atoms with van der Waals surface area (Å²) in [5, 5.41) is 6.48. The molecule has 1 unspecified atom stereocenters. The van der Waals surface area contributed by atoms with E-state index in [1.807, 2.05) is 18.2 Å². The maximum Gasteiger partial charge on any atom is 0.242 e. The number of carbonyl (C=O) groups is 1. The van der Waals surface area contributed by atoms with Crippen LogP contribution in [0.2, 0.25) is 5.02 Å². The van der Waals surface area contributed by atoms with Crippen molar-refractivity contribution in [2.45, 2.75) is 19.5 Å². The summed E-state index contributed by atoms with van der Waals surface area (Å²) >= 11 is 9.33. The zero-order valence-electron chi connectivity index (χ0n) is 10.8. The Morgan fingerprint density at radius 2 is 2.25 bits per heavy atom. The molecule has 1 aromatic heterocycles. The van der Waals surface area contributed by atoms with Crippen LogP contribution in [-0.4, -0.2) is 11.9 Å². The van der Waals surface area contributed by atoms with E-state index in [9.17, 15) is 4.79 Å². The molecule has 1 aromatic carbocycles. The van der Waals surface area contributed by atoms with Gasteiger partial charge in [0.25, 0.3) is 0 Å². The van der Waals surface area contributed by atoms with Gasteiger partial charge in [-0.15, -0.1) is 0 Å². The summed E-state index contributed by atoms with van der Waals surface area (Å²) in [5.41, 5.74) is 0.791. The first-order valence-corrected chi connectivity index (χ1v) is 7.25. The predicted molar refractivity (Wildman–Crippen MR) is 82.8 cm³/mol. The second-order valence-electron chi connectivity index (χ2n) is 4.29. The van der Waals surface area contributed by atoms with Crippen molar-refractivity contribution in [3.05, 3.63) is 51.9 Å². The lowest BCUT2D eigenvalue weighted by Gasteiger charge is -2.15. The number of rotatable bonds is 5. The lowest BCUT2D eigenvalue weighted by molar-refractivity contribution is -0.121. The highest BCUT2D eigenvalue weighted by Gasteiger charge is 2.13. The Bertz CT molecular complexity index is 587. The predicted octanol–water partition coefficient (Wildman–Crippen LogP) is 3.81. The first-order valence-electron chi connectivity index (χ1n) is 6.08. The third-order valence-electron chi connectivity index (χ3n) is 2.71. The Kier molecular flexibility index (Phi) is 5.09. The molecule has 1 heterocycles. The van der Waals surface area contributed by atoms with Gasteiger partial charge < -0.3 is 15.1 Å². The summed E-state index contributed by atoms with van der Waals surface area (Å²) in [5.74, 6) is 0.609. The fraction of sp³-hybridized carbons (Fsp3) is 0.214. The molecular weight excluding hydrogens is 344 g/mol. The Morgan fingerprint density at radius 3 is 2.90 bits per heavy atom. The Labute approximate surface area is 130 Å². The van der Waals surface area contributed by atoms with E-state index in [4.69, 9.17) is 16.0 Å². The number of benzene rings is 1. The quantitative estimate of drug-likeness (QED) is 0.855. The Balaban J connectivity index is 1.88. The van der Waals surface area contributed by atoms with E-state index in [-0.39, 0.29) is 11.9 Å². The summed E-state index contributed by atoms with van der Waals surface area (Å²) < 4.78 is 5.97. The lowest BCUT2D eigenvalue weighted by Crippen LogP contribution is -2.37. The van der Waals surface area contributed by atoms with Gasteiger partial charge in [-0.05, 0) is 53.2 Å². The van der Waals surface area contributed by atoms with Crippen LogP contribution in [0.15, 0.2) is 45.5 Å². The van der Waals surface area contributed by atoms with Gasteiger partial charge in [0.1, 0.15) is 11.8 Å². The van der Waals surface area contributed by atoms with Crippen molar-refractivity contribution in [3.8, 4) is 0 Å². The highest BCUT2D eigenvalue weighted by molar-refractivity contribution is 9.10. The number of furan rings is 1. The third-order valence-corrected chi connectivity index (χ3v) is 3.95. The smallest absolute Gasteiger partial charge is 0.242 e. The van der Waals surface area contributed by atoms with Gasteiger partial charge in [0, 0.05) is 10.2 Å². The average Bonchev–Trinajstić information content (AvgIpc) is 2.93. The second kappa shape index (κ2) is 6.81. The number of hydrogen-bond donors (Lipinski definition) is 2. The van der Waals surface area contributed by atoms with Gasteiger partial charge in [-0.1, -0.05) is 11.6 Å². The van der Waals surface area contributed by atoms with Crippen molar-refractivity contribution in [2.75, 3.05) is 5.32 Å². The highest BCUT2D eigenvalue weighted by atomic mass is 79.9. The molecule has 2 aromatic rings. The number of carbonyl (C=O) groups excluding carboxylic acids is 1. The van der Waals surface area contributed by atoms with Gasteiger partial charge in [-0.25, -0.2) is 0 Å². The average molecular weight is 358 g/mol. The molecule has 0 saturated heterocycles. The number of halogens is 2. The Morgan fingerprint density at radius 1 is 1.45 bits per heavy atom. The van der Waals surface area contributed by atoms with Crippen molar-refractivity contribution < 1.29 is 9.21 Å². The van der Waals surface area contributed by atoms with Crippen LogP contribution in [0.4, 0.5) is 5.69 Å². The molecule has 2 N–H and O–H groups in total. The number of amides is 1. The summed E-state index contributed by atoms with van der Waals surface area (Å²) in [7, 11) is 0. The maximum absolute atomic E-state index is 11.9. The topological polar surface area (TPSA) is 54.3 Å². The lowest BCUT2D eigenvalue weighted by atomic mass is 10.2. The van der Waals surface area contributed by atoms with Gasteiger partial charge in [-0.3, -0.25) is 4.79 Å². The second-order valence-corrected chi connectivity index (χ2v) is 5.55. The van der Waals surface area contributed by atoms with Crippen molar-refractivity contribution in [1.29, 1.82) is 0 Å².